The van der Waals surface area contributed by atoms with Gasteiger partial charge in [-0.05, 0) is 64.6 Å². The Morgan fingerprint density at radius 3 is 1.13 bits per heavy atom. The lowest BCUT2D eigenvalue weighted by Gasteiger charge is -2.26. The summed E-state index contributed by atoms with van der Waals surface area (Å²) >= 11 is 0. The topological polar surface area (TPSA) is 30.9 Å². The number of benzene rings is 2. The Morgan fingerprint density at radius 2 is 0.891 bits per heavy atom. The molecule has 0 aromatic heterocycles. The summed E-state index contributed by atoms with van der Waals surface area (Å²) in [4.78, 5) is 2.38. The maximum atomic E-state index is 5.69. The largest absolute Gasteiger partial charge is 0.480 e. The Balaban J connectivity index is -0.000000133. The van der Waals surface area contributed by atoms with Crippen LogP contribution in [0.5, 0.6) is 11.5 Å². The fraction of sp³-hybridized carbons (Fsp3) is 0.700. The lowest BCUT2D eigenvalue weighted by Crippen LogP contribution is -2.21. The average molecular weight is 688 g/mol. The molecule has 0 fully saturated rings. The van der Waals surface area contributed by atoms with Crippen molar-refractivity contribution in [1.82, 2.24) is 4.90 Å². The van der Waals surface area contributed by atoms with E-state index in [0.29, 0.717) is 0 Å². The molecule has 0 N–H and O–H groups in total. The average Bonchev–Trinajstić information content (AvgIpc) is 2.86. The van der Waals surface area contributed by atoms with Gasteiger partial charge in [0.2, 0.25) is 9.03 Å². The molecule has 0 aliphatic heterocycles. The first-order chi connectivity index (χ1) is 18.7. The third-order valence-electron chi connectivity index (χ3n) is 7.01. The summed E-state index contributed by atoms with van der Waals surface area (Å²) in [5, 5.41) is 0. The van der Waals surface area contributed by atoms with Crippen LogP contribution in [0.15, 0.2) is 36.4 Å². The Kier molecular flexibility index (Phi) is 30.9. The van der Waals surface area contributed by atoms with Gasteiger partial charge in [-0.25, -0.2) is 0 Å². The normalized spacial score (nSPS) is 11.2. The van der Waals surface area contributed by atoms with Gasteiger partial charge in [0.05, 0.1) is 9.47 Å². The summed E-state index contributed by atoms with van der Waals surface area (Å²) in [5.74, 6) is 1.88. The van der Waals surface area contributed by atoms with Crippen molar-refractivity contribution >= 4 is 18.5 Å². The SMILES string of the molecule is C.C.C.C.C.CC(C)(C)c1ccc(OP)c(C(C)(C)C)c1.CCN(CC)CC.COPOc1ccc(C(C)(C)C)cc1C(C)(C)C. The van der Waals surface area contributed by atoms with Crippen LogP contribution in [0.4, 0.5) is 0 Å². The second-order valence-corrected chi connectivity index (χ2v) is 15.6. The van der Waals surface area contributed by atoms with Crippen molar-refractivity contribution in [2.24, 2.45) is 0 Å². The highest BCUT2D eigenvalue weighted by atomic mass is 31.1. The number of hydrogen-bond acceptors (Lipinski definition) is 4. The molecule has 4 nitrogen and oxygen atoms in total. The highest BCUT2D eigenvalue weighted by Gasteiger charge is 2.24. The number of rotatable bonds is 7. The van der Waals surface area contributed by atoms with Crippen molar-refractivity contribution in [2.75, 3.05) is 26.7 Å². The van der Waals surface area contributed by atoms with E-state index in [1.807, 2.05) is 0 Å². The zero-order valence-corrected chi connectivity index (χ0v) is 31.5. The molecule has 0 aliphatic carbocycles. The van der Waals surface area contributed by atoms with E-state index < -0.39 is 0 Å². The monoisotopic (exact) mass is 688 g/mol. The smallest absolute Gasteiger partial charge is 0.215 e. The predicted molar refractivity (Wildman–Crippen MR) is 221 cm³/mol. The van der Waals surface area contributed by atoms with Gasteiger partial charge in [0.1, 0.15) is 11.5 Å². The quantitative estimate of drug-likeness (QED) is 0.271. The van der Waals surface area contributed by atoms with Gasteiger partial charge in [0.15, 0.2) is 0 Å². The summed E-state index contributed by atoms with van der Waals surface area (Å²) in [6, 6.07) is 12.9. The first-order valence-corrected chi connectivity index (χ1v) is 16.3. The minimum Gasteiger partial charge on any atom is -0.480 e. The molecule has 0 heterocycles. The molecule has 6 heteroatoms. The van der Waals surface area contributed by atoms with Crippen molar-refractivity contribution < 1.29 is 13.6 Å². The molecule has 0 saturated carbocycles. The zero-order chi connectivity index (χ0) is 32.2. The molecule has 2 rings (SSSR count). The molecule has 2 atom stereocenters. The summed E-state index contributed by atoms with van der Waals surface area (Å²) in [6.07, 6.45) is 0. The number of nitrogens with zero attached hydrogens (tertiary/aromatic N) is 1. The van der Waals surface area contributed by atoms with E-state index in [2.05, 4.69) is 155 Å². The first kappa shape index (κ1) is 57.1. The molecule has 0 spiro atoms. The first-order valence-electron chi connectivity index (χ1n) is 15.0. The second kappa shape index (κ2) is 24.9. The molecule has 0 amide bonds. The number of hydrogen-bond donors (Lipinski definition) is 0. The lowest BCUT2D eigenvalue weighted by atomic mass is 9.80. The maximum absolute atomic E-state index is 5.69. The minimum atomic E-state index is 0. The minimum absolute atomic E-state index is 0. The van der Waals surface area contributed by atoms with Crippen molar-refractivity contribution in [3.63, 3.8) is 0 Å². The van der Waals surface area contributed by atoms with Gasteiger partial charge in [-0.1, -0.05) is 165 Å². The molecule has 0 aliphatic rings. The molecular formula is C40H83NO3P2. The molecule has 2 unspecified atom stereocenters. The molecule has 46 heavy (non-hydrogen) atoms. The molecule has 0 bridgehead atoms. The van der Waals surface area contributed by atoms with E-state index >= 15 is 0 Å². The van der Waals surface area contributed by atoms with Crippen LogP contribution in [0.2, 0.25) is 0 Å². The summed E-state index contributed by atoms with van der Waals surface area (Å²) in [5.41, 5.74) is 5.68. The van der Waals surface area contributed by atoms with Crippen LogP contribution >= 0.6 is 18.5 Å². The van der Waals surface area contributed by atoms with Crippen LogP contribution < -0.4 is 9.05 Å². The van der Waals surface area contributed by atoms with E-state index in [0.717, 1.165) is 11.5 Å². The van der Waals surface area contributed by atoms with Crippen molar-refractivity contribution in [2.45, 2.75) is 163 Å². The molecule has 276 valence electrons. The second-order valence-electron chi connectivity index (χ2n) is 14.5. The fourth-order valence-corrected chi connectivity index (χ4v) is 4.67. The summed E-state index contributed by atoms with van der Waals surface area (Å²) in [6.45, 7) is 36.8. The van der Waals surface area contributed by atoms with Crippen LogP contribution in [0.25, 0.3) is 0 Å². The molecule has 2 aromatic rings. The molecule has 2 aromatic carbocycles. The van der Waals surface area contributed by atoms with Gasteiger partial charge in [-0.2, -0.15) is 0 Å². The zero-order valence-electron chi connectivity index (χ0n) is 29.3. The van der Waals surface area contributed by atoms with Crippen molar-refractivity contribution in [1.29, 1.82) is 0 Å². The third-order valence-corrected chi connectivity index (χ3v) is 7.73. The van der Waals surface area contributed by atoms with E-state index in [1.165, 1.54) is 41.9 Å². The summed E-state index contributed by atoms with van der Waals surface area (Å²) in [7, 11) is 4.04. The van der Waals surface area contributed by atoms with Crippen LogP contribution in [0.1, 0.15) is 163 Å². The molecular weight excluding hydrogens is 604 g/mol. The predicted octanol–water partition coefficient (Wildman–Crippen LogP) is 13.8. The Labute approximate surface area is 295 Å². The fourth-order valence-electron chi connectivity index (χ4n) is 4.11. The van der Waals surface area contributed by atoms with Crippen LogP contribution in [-0.4, -0.2) is 31.6 Å². The van der Waals surface area contributed by atoms with Gasteiger partial charge in [0.25, 0.3) is 0 Å². The van der Waals surface area contributed by atoms with Gasteiger partial charge in [0, 0.05) is 18.2 Å². The Hall–Kier alpha value is -1.18. The van der Waals surface area contributed by atoms with E-state index in [-0.39, 0.29) is 67.8 Å². The van der Waals surface area contributed by atoms with Gasteiger partial charge in [-0.15, -0.1) is 0 Å². The van der Waals surface area contributed by atoms with Gasteiger partial charge in [-0.3, -0.25) is 0 Å². The molecule has 0 saturated heterocycles. The maximum Gasteiger partial charge on any atom is 0.215 e. The summed E-state index contributed by atoms with van der Waals surface area (Å²) < 4.78 is 16.1. The Morgan fingerprint density at radius 1 is 0.565 bits per heavy atom. The van der Waals surface area contributed by atoms with Crippen LogP contribution in [-0.2, 0) is 26.2 Å². The molecule has 0 radical (unpaired) electrons. The highest BCUT2D eigenvalue weighted by molar-refractivity contribution is 7.26. The lowest BCUT2D eigenvalue weighted by molar-refractivity contribution is 0.321. The third kappa shape index (κ3) is 20.2. The Bertz CT molecular complexity index is 1020. The van der Waals surface area contributed by atoms with Gasteiger partial charge >= 0.3 is 0 Å². The van der Waals surface area contributed by atoms with E-state index in [1.54, 1.807) is 7.11 Å². The van der Waals surface area contributed by atoms with E-state index in [4.69, 9.17) is 13.6 Å². The van der Waals surface area contributed by atoms with Crippen LogP contribution in [0, 0.1) is 0 Å². The highest BCUT2D eigenvalue weighted by Crippen LogP contribution is 2.38. The van der Waals surface area contributed by atoms with Crippen molar-refractivity contribution in [3.8, 4) is 11.5 Å². The standard InChI is InChI=1S/C15H25O2P.C14H23OP.C6H15N.5CH4/c1-14(2,3)11-8-9-13(17-18-16-7)12(10-11)15(4,5)6;1-13(2,3)10-7-8-12(15-16)11(9-10)14(4,5)6;1-4-7(5-2)6-3;;;;;/h8-10,18H,1-7H3;7-9H,16H2,1-6H3;4-6H2,1-3H3;5*1H4. The van der Waals surface area contributed by atoms with Crippen molar-refractivity contribution in [3.05, 3.63) is 58.7 Å². The van der Waals surface area contributed by atoms with E-state index in [9.17, 15) is 0 Å². The van der Waals surface area contributed by atoms with Gasteiger partial charge < -0.3 is 18.5 Å². The van der Waals surface area contributed by atoms with Crippen LogP contribution in [0.3, 0.4) is 0 Å².